The van der Waals surface area contributed by atoms with E-state index in [-0.39, 0.29) is 12.5 Å². The number of rotatable bonds is 7. The summed E-state index contributed by atoms with van der Waals surface area (Å²) >= 11 is 0. The van der Waals surface area contributed by atoms with Crippen LogP contribution in [0.2, 0.25) is 0 Å². The van der Waals surface area contributed by atoms with Gasteiger partial charge in [0.1, 0.15) is 6.04 Å². The highest BCUT2D eigenvalue weighted by Crippen LogP contribution is 2.06. The Kier molecular flexibility index (Phi) is 7.61. The lowest BCUT2D eigenvalue weighted by molar-refractivity contribution is -0.139. The van der Waals surface area contributed by atoms with E-state index >= 15 is 0 Å². The molecule has 1 unspecified atom stereocenters. The first kappa shape index (κ1) is 16.3. The number of terminal acetylenes is 1. The molecule has 0 rings (SSSR count). The zero-order valence-corrected chi connectivity index (χ0v) is 11.3. The van der Waals surface area contributed by atoms with Crippen LogP contribution in [0.4, 0.5) is 4.79 Å². The van der Waals surface area contributed by atoms with Crippen molar-refractivity contribution in [2.75, 3.05) is 13.1 Å². The number of carbonyl (C=O) groups excluding carboxylic acids is 1. The van der Waals surface area contributed by atoms with Gasteiger partial charge in [-0.05, 0) is 18.8 Å². The zero-order valence-electron chi connectivity index (χ0n) is 11.3. The Hall–Kier alpha value is -1.70. The first-order chi connectivity index (χ1) is 8.42. The summed E-state index contributed by atoms with van der Waals surface area (Å²) in [7, 11) is 0. The Bertz CT molecular complexity index is 321. The number of hydrogen-bond donors (Lipinski definition) is 2. The van der Waals surface area contributed by atoms with Gasteiger partial charge in [0.2, 0.25) is 0 Å². The maximum atomic E-state index is 11.9. The highest BCUT2D eigenvalue weighted by atomic mass is 16.4. The number of carbonyl (C=O) groups is 2. The third-order valence-corrected chi connectivity index (χ3v) is 2.37. The third kappa shape index (κ3) is 6.14. The molecule has 0 aliphatic carbocycles. The van der Waals surface area contributed by atoms with Crippen LogP contribution >= 0.6 is 0 Å². The Labute approximate surface area is 109 Å². The van der Waals surface area contributed by atoms with E-state index in [1.807, 2.05) is 20.8 Å². The molecule has 0 aromatic heterocycles. The summed E-state index contributed by atoms with van der Waals surface area (Å²) in [6.45, 7) is 6.46. The molecule has 1 atom stereocenters. The van der Waals surface area contributed by atoms with Gasteiger partial charge in [-0.1, -0.05) is 26.7 Å². The predicted octanol–water partition coefficient (Wildman–Crippen LogP) is 1.54. The number of nitrogens with zero attached hydrogens (tertiary/aromatic N) is 1. The minimum absolute atomic E-state index is 0.188. The van der Waals surface area contributed by atoms with Crippen molar-refractivity contribution in [2.24, 2.45) is 5.92 Å². The molecule has 2 amide bonds. The van der Waals surface area contributed by atoms with Gasteiger partial charge in [0.25, 0.3) is 0 Å². The van der Waals surface area contributed by atoms with Gasteiger partial charge in [-0.25, -0.2) is 9.59 Å². The van der Waals surface area contributed by atoms with Crippen LogP contribution in [0.5, 0.6) is 0 Å². The van der Waals surface area contributed by atoms with E-state index in [1.54, 1.807) is 0 Å². The van der Waals surface area contributed by atoms with Gasteiger partial charge in [0, 0.05) is 6.54 Å². The molecule has 102 valence electrons. The van der Waals surface area contributed by atoms with Crippen LogP contribution in [0.15, 0.2) is 0 Å². The molecule has 0 aromatic carbocycles. The standard InChI is InChI=1S/C13H22N2O3/c1-5-7-15(8-6-2)13(18)14-11(12(16)17)9-10(3)4/h1,10-11H,6-9H2,2-4H3,(H,14,18)(H,16,17). The molecule has 0 saturated carbocycles. The van der Waals surface area contributed by atoms with Crippen LogP contribution in [-0.2, 0) is 4.79 Å². The molecule has 5 heteroatoms. The number of amides is 2. The van der Waals surface area contributed by atoms with Crippen molar-refractivity contribution in [1.82, 2.24) is 10.2 Å². The molecular weight excluding hydrogens is 232 g/mol. The summed E-state index contributed by atoms with van der Waals surface area (Å²) in [5.74, 6) is 1.57. The fraction of sp³-hybridized carbons (Fsp3) is 0.692. The van der Waals surface area contributed by atoms with E-state index in [1.165, 1.54) is 4.90 Å². The summed E-state index contributed by atoms with van der Waals surface area (Å²) in [5, 5.41) is 11.5. The van der Waals surface area contributed by atoms with Gasteiger partial charge in [-0.2, -0.15) is 0 Å². The molecule has 5 nitrogen and oxygen atoms in total. The van der Waals surface area contributed by atoms with E-state index in [2.05, 4.69) is 11.2 Å². The Morgan fingerprint density at radius 2 is 2.06 bits per heavy atom. The van der Waals surface area contributed by atoms with Crippen molar-refractivity contribution < 1.29 is 14.7 Å². The number of carboxylic acid groups (broad SMARTS) is 1. The van der Waals surface area contributed by atoms with Crippen LogP contribution in [0, 0.1) is 18.3 Å². The van der Waals surface area contributed by atoms with Crippen molar-refractivity contribution in [2.45, 2.75) is 39.7 Å². The van der Waals surface area contributed by atoms with Crippen LogP contribution in [0.3, 0.4) is 0 Å². The SMILES string of the molecule is C#CCN(CCC)C(=O)NC(CC(C)C)C(=O)O. The average Bonchev–Trinajstić information content (AvgIpc) is 2.27. The van der Waals surface area contributed by atoms with Gasteiger partial charge in [-0.15, -0.1) is 6.42 Å². The topological polar surface area (TPSA) is 69.6 Å². The van der Waals surface area contributed by atoms with Gasteiger partial charge >= 0.3 is 12.0 Å². The van der Waals surface area contributed by atoms with Gasteiger partial charge < -0.3 is 15.3 Å². The van der Waals surface area contributed by atoms with E-state index in [0.717, 1.165) is 6.42 Å². The van der Waals surface area contributed by atoms with Crippen LogP contribution < -0.4 is 5.32 Å². The second-order valence-corrected chi connectivity index (χ2v) is 4.60. The lowest BCUT2D eigenvalue weighted by atomic mass is 10.0. The van der Waals surface area contributed by atoms with Gasteiger partial charge in [-0.3, -0.25) is 0 Å². The van der Waals surface area contributed by atoms with E-state index < -0.39 is 18.0 Å². The molecule has 0 fully saturated rings. The maximum Gasteiger partial charge on any atom is 0.326 e. The first-order valence-electron chi connectivity index (χ1n) is 6.14. The maximum absolute atomic E-state index is 11.9. The normalized spacial score (nSPS) is 11.7. The summed E-state index contributed by atoms with van der Waals surface area (Å²) in [6, 6.07) is -1.28. The highest BCUT2D eigenvalue weighted by molar-refractivity contribution is 5.82. The number of urea groups is 1. The average molecular weight is 254 g/mol. The third-order valence-electron chi connectivity index (χ3n) is 2.37. The van der Waals surface area contributed by atoms with Crippen molar-refractivity contribution in [3.05, 3.63) is 0 Å². The molecule has 18 heavy (non-hydrogen) atoms. The highest BCUT2D eigenvalue weighted by Gasteiger charge is 2.23. The molecule has 0 spiro atoms. The summed E-state index contributed by atoms with van der Waals surface area (Å²) < 4.78 is 0. The van der Waals surface area contributed by atoms with Crippen LogP contribution in [-0.4, -0.2) is 41.1 Å². The van der Waals surface area contributed by atoms with E-state index in [4.69, 9.17) is 11.5 Å². The number of aliphatic carboxylic acids is 1. The molecular formula is C13H22N2O3. The van der Waals surface area contributed by atoms with Crippen LogP contribution in [0.25, 0.3) is 0 Å². The summed E-state index contributed by atoms with van der Waals surface area (Å²) in [6.07, 6.45) is 6.36. The molecule has 0 aliphatic heterocycles. The van der Waals surface area contributed by atoms with Crippen molar-refractivity contribution in [3.8, 4) is 12.3 Å². The van der Waals surface area contributed by atoms with Crippen molar-refractivity contribution >= 4 is 12.0 Å². The Balaban J connectivity index is 4.55. The quantitative estimate of drug-likeness (QED) is 0.677. The largest absolute Gasteiger partial charge is 0.480 e. The number of nitrogens with one attached hydrogen (secondary N) is 1. The lowest BCUT2D eigenvalue weighted by Gasteiger charge is -2.23. The molecule has 0 radical (unpaired) electrons. The van der Waals surface area contributed by atoms with E-state index in [9.17, 15) is 9.59 Å². The van der Waals surface area contributed by atoms with Gasteiger partial charge in [0.05, 0.1) is 6.54 Å². The number of carboxylic acids is 1. The molecule has 2 N–H and O–H groups in total. The summed E-state index contributed by atoms with van der Waals surface area (Å²) in [4.78, 5) is 24.4. The van der Waals surface area contributed by atoms with Crippen molar-refractivity contribution in [1.29, 1.82) is 0 Å². The molecule has 0 aliphatic rings. The molecule has 0 aromatic rings. The lowest BCUT2D eigenvalue weighted by Crippen LogP contribution is -2.48. The summed E-state index contributed by atoms with van der Waals surface area (Å²) in [5.41, 5.74) is 0. The number of hydrogen-bond acceptors (Lipinski definition) is 2. The first-order valence-corrected chi connectivity index (χ1v) is 6.14. The fourth-order valence-electron chi connectivity index (χ4n) is 1.57. The second kappa shape index (κ2) is 8.40. The zero-order chi connectivity index (χ0) is 14.1. The smallest absolute Gasteiger partial charge is 0.326 e. The monoisotopic (exact) mass is 254 g/mol. The Morgan fingerprint density at radius 3 is 2.44 bits per heavy atom. The molecule has 0 bridgehead atoms. The minimum atomic E-state index is -1.02. The fourth-order valence-corrected chi connectivity index (χ4v) is 1.57. The predicted molar refractivity (Wildman–Crippen MR) is 70.1 cm³/mol. The van der Waals surface area contributed by atoms with Crippen molar-refractivity contribution in [3.63, 3.8) is 0 Å². The van der Waals surface area contributed by atoms with Gasteiger partial charge in [0.15, 0.2) is 0 Å². The van der Waals surface area contributed by atoms with Crippen LogP contribution in [0.1, 0.15) is 33.6 Å². The molecule has 0 saturated heterocycles. The Morgan fingerprint density at radius 1 is 1.44 bits per heavy atom. The minimum Gasteiger partial charge on any atom is -0.480 e. The van der Waals surface area contributed by atoms with E-state index in [0.29, 0.717) is 13.0 Å². The molecule has 0 heterocycles. The second-order valence-electron chi connectivity index (χ2n) is 4.60.